The molecule has 1 aliphatic rings. The van der Waals surface area contributed by atoms with E-state index in [9.17, 15) is 4.79 Å². The topological polar surface area (TPSA) is 68.2 Å². The summed E-state index contributed by atoms with van der Waals surface area (Å²) >= 11 is 3.36. The van der Waals surface area contributed by atoms with Gasteiger partial charge in [0.1, 0.15) is 4.47 Å². The lowest BCUT2D eigenvalue weighted by atomic mass is 10.0. The second-order valence-electron chi connectivity index (χ2n) is 5.01. The zero-order chi connectivity index (χ0) is 13.9. The zero-order valence-corrected chi connectivity index (χ0v) is 12.8. The molecule has 0 radical (unpaired) electrons. The number of aromatic nitrogens is 2. The van der Waals surface area contributed by atoms with Crippen LogP contribution in [-0.2, 0) is 11.3 Å². The third kappa shape index (κ3) is 3.34. The first-order valence-corrected chi connectivity index (χ1v) is 7.08. The van der Waals surface area contributed by atoms with Crippen LogP contribution in [0.15, 0.2) is 15.5 Å². The highest BCUT2D eigenvalue weighted by Gasteiger charge is 2.29. The van der Waals surface area contributed by atoms with E-state index < -0.39 is 0 Å². The molecule has 106 valence electrons. The zero-order valence-electron chi connectivity index (χ0n) is 11.2. The third-order valence-electron chi connectivity index (χ3n) is 3.30. The molecule has 1 aromatic rings. The van der Waals surface area contributed by atoms with Crippen molar-refractivity contribution in [1.82, 2.24) is 15.1 Å². The van der Waals surface area contributed by atoms with Crippen molar-refractivity contribution in [3.63, 3.8) is 0 Å². The Bertz CT molecular complexity index is 497. The quantitative estimate of drug-likeness (QED) is 0.836. The van der Waals surface area contributed by atoms with Crippen LogP contribution in [-0.4, -0.2) is 42.1 Å². The molecule has 2 N–H and O–H groups in total. The molecule has 0 spiro atoms. The van der Waals surface area contributed by atoms with Crippen LogP contribution in [0.25, 0.3) is 0 Å². The predicted octanol–water partition coefficient (Wildman–Crippen LogP) is 0.816. The number of rotatable bonds is 5. The van der Waals surface area contributed by atoms with E-state index in [1.165, 1.54) is 4.68 Å². The van der Waals surface area contributed by atoms with Gasteiger partial charge in [-0.2, -0.15) is 5.10 Å². The average Bonchev–Trinajstić information content (AvgIpc) is 2.81. The summed E-state index contributed by atoms with van der Waals surface area (Å²) in [4.78, 5) is 12.1. The molecule has 7 heteroatoms. The molecule has 1 saturated heterocycles. The lowest BCUT2D eigenvalue weighted by Crippen LogP contribution is -2.38. The Hall–Kier alpha value is -0.920. The number of hydrogen-bond acceptors (Lipinski definition) is 5. The summed E-state index contributed by atoms with van der Waals surface area (Å²) in [5.41, 5.74) is 0.566. The molecule has 2 heterocycles. The van der Waals surface area contributed by atoms with Gasteiger partial charge in [0.05, 0.1) is 25.0 Å². The molecule has 6 nitrogen and oxygen atoms in total. The molecule has 2 rings (SSSR count). The van der Waals surface area contributed by atoms with Gasteiger partial charge in [0, 0.05) is 19.2 Å². The summed E-state index contributed by atoms with van der Waals surface area (Å²) < 4.78 is 6.87. The van der Waals surface area contributed by atoms with Crippen molar-refractivity contribution in [3.05, 3.63) is 21.0 Å². The Labute approximate surface area is 120 Å². The normalized spacial score (nSPS) is 22.7. The van der Waals surface area contributed by atoms with E-state index in [1.807, 2.05) is 0 Å². The second kappa shape index (κ2) is 6.02. The lowest BCUT2D eigenvalue weighted by molar-refractivity contribution is 0.181. The molecule has 1 atom stereocenters. The van der Waals surface area contributed by atoms with Crippen LogP contribution >= 0.6 is 15.9 Å². The van der Waals surface area contributed by atoms with E-state index in [4.69, 9.17) is 4.74 Å². The number of nitrogens with zero attached hydrogens (tertiary/aromatic N) is 2. The summed E-state index contributed by atoms with van der Waals surface area (Å²) in [5.74, 6) is 0. The molecule has 0 bridgehead atoms. The van der Waals surface area contributed by atoms with Crippen LogP contribution in [0.1, 0.15) is 13.3 Å². The Morgan fingerprint density at radius 1 is 1.68 bits per heavy atom. The van der Waals surface area contributed by atoms with Gasteiger partial charge in [0.15, 0.2) is 0 Å². The summed E-state index contributed by atoms with van der Waals surface area (Å²) in [6.45, 7) is 4.92. The maximum atomic E-state index is 12.1. The van der Waals surface area contributed by atoms with Crippen molar-refractivity contribution in [2.75, 3.05) is 32.1 Å². The molecule has 0 aromatic carbocycles. The Morgan fingerprint density at radius 2 is 2.47 bits per heavy atom. The van der Waals surface area contributed by atoms with Crippen LogP contribution in [0.5, 0.6) is 0 Å². The lowest BCUT2D eigenvalue weighted by Gasteiger charge is -2.26. The highest BCUT2D eigenvalue weighted by atomic mass is 79.9. The number of methoxy groups -OCH3 is 1. The van der Waals surface area contributed by atoms with Gasteiger partial charge in [0.2, 0.25) is 0 Å². The van der Waals surface area contributed by atoms with Crippen LogP contribution in [0.3, 0.4) is 0 Å². The summed E-state index contributed by atoms with van der Waals surface area (Å²) in [6, 6.07) is 0. The first-order chi connectivity index (χ1) is 9.06. The van der Waals surface area contributed by atoms with Crippen molar-refractivity contribution in [2.24, 2.45) is 0 Å². The number of halogens is 1. The summed E-state index contributed by atoms with van der Waals surface area (Å²) in [7, 11) is 1.60. The molecule has 0 aliphatic carbocycles. The number of nitrogens with one attached hydrogen (secondary N) is 2. The molecule has 1 aromatic heterocycles. The van der Waals surface area contributed by atoms with Crippen molar-refractivity contribution in [3.8, 4) is 0 Å². The first kappa shape index (κ1) is 14.5. The number of hydrogen-bond donors (Lipinski definition) is 2. The Morgan fingerprint density at radius 3 is 3.11 bits per heavy atom. The van der Waals surface area contributed by atoms with E-state index >= 15 is 0 Å². The monoisotopic (exact) mass is 330 g/mol. The van der Waals surface area contributed by atoms with E-state index in [0.717, 1.165) is 25.2 Å². The fraction of sp³-hybridized carbons (Fsp3) is 0.667. The van der Waals surface area contributed by atoms with Gasteiger partial charge in [-0.1, -0.05) is 0 Å². The van der Waals surface area contributed by atoms with E-state index in [0.29, 0.717) is 17.6 Å². The van der Waals surface area contributed by atoms with Gasteiger partial charge in [0.25, 0.3) is 5.56 Å². The summed E-state index contributed by atoms with van der Waals surface area (Å²) in [5, 5.41) is 10.9. The van der Waals surface area contributed by atoms with E-state index in [2.05, 4.69) is 38.6 Å². The first-order valence-electron chi connectivity index (χ1n) is 6.29. The van der Waals surface area contributed by atoms with Crippen LogP contribution in [0.4, 0.5) is 5.69 Å². The van der Waals surface area contributed by atoms with Gasteiger partial charge in [-0.15, -0.1) is 0 Å². The van der Waals surface area contributed by atoms with Gasteiger partial charge in [-0.3, -0.25) is 4.79 Å². The standard InChI is InChI=1S/C12H19BrN4O2/c1-12(3-4-14-8-12)16-9-7-15-17(5-6-19-2)11(18)10(9)13/h7,14,16H,3-6,8H2,1-2H3. The maximum Gasteiger partial charge on any atom is 0.283 e. The van der Waals surface area contributed by atoms with Gasteiger partial charge < -0.3 is 15.4 Å². The fourth-order valence-corrected chi connectivity index (χ4v) is 2.54. The predicted molar refractivity (Wildman–Crippen MR) is 77.6 cm³/mol. The highest BCUT2D eigenvalue weighted by Crippen LogP contribution is 2.24. The average molecular weight is 331 g/mol. The Kier molecular flexibility index (Phi) is 4.59. The molecule has 1 aliphatic heterocycles. The van der Waals surface area contributed by atoms with Gasteiger partial charge >= 0.3 is 0 Å². The number of ether oxygens (including phenoxy) is 1. The molecule has 1 fully saturated rings. The molecule has 1 unspecified atom stereocenters. The largest absolute Gasteiger partial charge is 0.383 e. The van der Waals surface area contributed by atoms with Gasteiger partial charge in [-0.25, -0.2) is 4.68 Å². The van der Waals surface area contributed by atoms with Crippen molar-refractivity contribution >= 4 is 21.6 Å². The van der Waals surface area contributed by atoms with E-state index in [-0.39, 0.29) is 11.1 Å². The maximum absolute atomic E-state index is 12.1. The van der Waals surface area contributed by atoms with E-state index in [1.54, 1.807) is 13.3 Å². The van der Waals surface area contributed by atoms with Crippen LogP contribution < -0.4 is 16.2 Å². The van der Waals surface area contributed by atoms with Crippen molar-refractivity contribution < 1.29 is 4.74 Å². The molecule has 0 saturated carbocycles. The minimum Gasteiger partial charge on any atom is -0.383 e. The molecular weight excluding hydrogens is 312 g/mol. The molecule has 19 heavy (non-hydrogen) atoms. The SMILES string of the molecule is COCCn1ncc(NC2(C)CCNC2)c(Br)c1=O. The van der Waals surface area contributed by atoms with Crippen LogP contribution in [0, 0.1) is 0 Å². The smallest absolute Gasteiger partial charge is 0.283 e. The van der Waals surface area contributed by atoms with Crippen molar-refractivity contribution in [2.45, 2.75) is 25.4 Å². The van der Waals surface area contributed by atoms with Crippen LogP contribution in [0.2, 0.25) is 0 Å². The van der Waals surface area contributed by atoms with Gasteiger partial charge in [-0.05, 0) is 35.8 Å². The molecule has 0 amide bonds. The molecular formula is C12H19BrN4O2. The minimum atomic E-state index is -0.142. The third-order valence-corrected chi connectivity index (χ3v) is 4.06. The van der Waals surface area contributed by atoms with Crippen molar-refractivity contribution in [1.29, 1.82) is 0 Å². The Balaban J connectivity index is 2.18. The number of anilines is 1. The highest BCUT2D eigenvalue weighted by molar-refractivity contribution is 9.10. The summed E-state index contributed by atoms with van der Waals surface area (Å²) in [6.07, 6.45) is 2.71. The minimum absolute atomic E-state index is 0.0324. The second-order valence-corrected chi connectivity index (χ2v) is 5.80. The fourth-order valence-electron chi connectivity index (χ4n) is 2.14.